The second-order valence-corrected chi connectivity index (χ2v) is 7.87. The van der Waals surface area contributed by atoms with E-state index in [-0.39, 0.29) is 5.82 Å². The first-order valence-electron chi connectivity index (χ1n) is 7.98. The van der Waals surface area contributed by atoms with Crippen molar-refractivity contribution >= 4 is 44.1 Å². The molecule has 0 atom stereocenters. The van der Waals surface area contributed by atoms with Crippen molar-refractivity contribution in [3.05, 3.63) is 60.4 Å². The number of anilines is 1. The van der Waals surface area contributed by atoms with Crippen molar-refractivity contribution in [2.75, 3.05) is 5.73 Å². The fourth-order valence-electron chi connectivity index (χ4n) is 2.73. The molecule has 6 nitrogen and oxygen atoms in total. The lowest BCUT2D eigenvalue weighted by atomic mass is 10.1. The van der Waals surface area contributed by atoms with Crippen LogP contribution in [0.3, 0.4) is 0 Å². The van der Waals surface area contributed by atoms with Crippen molar-refractivity contribution in [2.45, 2.75) is 10.1 Å². The van der Waals surface area contributed by atoms with Crippen LogP contribution in [0.15, 0.2) is 64.6 Å². The molecule has 132 valence electrons. The van der Waals surface area contributed by atoms with Crippen molar-refractivity contribution < 1.29 is 4.39 Å². The third kappa shape index (κ3) is 3.00. The van der Waals surface area contributed by atoms with Crippen LogP contribution in [0.4, 0.5) is 9.52 Å². The van der Waals surface area contributed by atoms with E-state index in [1.807, 2.05) is 30.3 Å². The fourth-order valence-corrected chi connectivity index (χ4v) is 4.40. The van der Waals surface area contributed by atoms with Gasteiger partial charge in [0.05, 0.1) is 15.9 Å². The molecule has 0 amide bonds. The minimum atomic E-state index is -0.301. The summed E-state index contributed by atoms with van der Waals surface area (Å²) < 4.78 is 16.2. The van der Waals surface area contributed by atoms with Crippen LogP contribution in [0.5, 0.6) is 0 Å². The standard InChI is InChI=1S/C18H11FN6S2/c19-11-3-1-2-10(8-11)13-6-7-16-22-23-18(25(16)24-13)26-12-4-5-14-15(9-12)27-17(20)21-14/h1-9H,(H2,20,21). The van der Waals surface area contributed by atoms with Gasteiger partial charge < -0.3 is 5.73 Å². The van der Waals surface area contributed by atoms with Gasteiger partial charge in [-0.3, -0.25) is 0 Å². The molecule has 0 saturated heterocycles. The first-order chi connectivity index (χ1) is 13.2. The van der Waals surface area contributed by atoms with Gasteiger partial charge in [0.25, 0.3) is 0 Å². The first-order valence-corrected chi connectivity index (χ1v) is 9.61. The normalized spacial score (nSPS) is 11.4. The van der Waals surface area contributed by atoms with E-state index in [1.165, 1.54) is 35.2 Å². The topological polar surface area (TPSA) is 82.0 Å². The van der Waals surface area contributed by atoms with Gasteiger partial charge in [0.1, 0.15) is 5.82 Å². The van der Waals surface area contributed by atoms with E-state index in [0.717, 1.165) is 15.1 Å². The molecule has 0 spiro atoms. The van der Waals surface area contributed by atoms with Crippen LogP contribution in [-0.2, 0) is 0 Å². The lowest BCUT2D eigenvalue weighted by Gasteiger charge is -2.03. The summed E-state index contributed by atoms with van der Waals surface area (Å²) in [5.41, 5.74) is 8.62. The highest BCUT2D eigenvalue weighted by Gasteiger charge is 2.12. The van der Waals surface area contributed by atoms with Gasteiger partial charge in [-0.2, -0.15) is 9.61 Å². The van der Waals surface area contributed by atoms with Crippen LogP contribution in [-0.4, -0.2) is 24.8 Å². The highest BCUT2D eigenvalue weighted by atomic mass is 32.2. The Morgan fingerprint density at radius 3 is 2.85 bits per heavy atom. The van der Waals surface area contributed by atoms with E-state index in [9.17, 15) is 4.39 Å². The molecule has 5 rings (SSSR count). The van der Waals surface area contributed by atoms with Gasteiger partial charge in [-0.05, 0) is 54.2 Å². The van der Waals surface area contributed by atoms with Gasteiger partial charge in [0, 0.05) is 10.5 Å². The van der Waals surface area contributed by atoms with Gasteiger partial charge >= 0.3 is 0 Å². The molecule has 27 heavy (non-hydrogen) atoms. The Kier molecular flexibility index (Phi) is 3.76. The zero-order chi connectivity index (χ0) is 18.4. The number of benzene rings is 2. The number of fused-ring (bicyclic) bond motifs is 2. The predicted molar refractivity (Wildman–Crippen MR) is 104 cm³/mol. The van der Waals surface area contributed by atoms with Crippen LogP contribution < -0.4 is 5.73 Å². The van der Waals surface area contributed by atoms with Gasteiger partial charge in [0.2, 0.25) is 5.16 Å². The summed E-state index contributed by atoms with van der Waals surface area (Å²) in [5, 5.41) is 14.1. The molecule has 0 radical (unpaired) electrons. The summed E-state index contributed by atoms with van der Waals surface area (Å²) >= 11 is 2.89. The maximum atomic E-state index is 13.5. The van der Waals surface area contributed by atoms with Crippen LogP contribution in [0.2, 0.25) is 0 Å². The summed E-state index contributed by atoms with van der Waals surface area (Å²) in [6.07, 6.45) is 0. The second-order valence-electron chi connectivity index (χ2n) is 5.77. The first kappa shape index (κ1) is 16.2. The fraction of sp³-hybridized carbons (Fsp3) is 0. The van der Waals surface area contributed by atoms with E-state index < -0.39 is 0 Å². The lowest BCUT2D eigenvalue weighted by molar-refractivity contribution is 0.628. The van der Waals surface area contributed by atoms with Crippen molar-refractivity contribution in [2.24, 2.45) is 0 Å². The molecule has 9 heteroatoms. The minimum absolute atomic E-state index is 0.301. The highest BCUT2D eigenvalue weighted by Crippen LogP contribution is 2.32. The number of rotatable bonds is 3. The van der Waals surface area contributed by atoms with Gasteiger partial charge in [0.15, 0.2) is 10.8 Å². The molecule has 3 heterocycles. The molecule has 2 aromatic carbocycles. The molecule has 3 aromatic heterocycles. The summed E-state index contributed by atoms with van der Waals surface area (Å²) in [6.45, 7) is 0. The zero-order valence-electron chi connectivity index (χ0n) is 13.7. The van der Waals surface area contributed by atoms with Crippen LogP contribution in [0, 0.1) is 5.82 Å². The number of hydrogen-bond acceptors (Lipinski definition) is 7. The Labute approximate surface area is 160 Å². The second kappa shape index (κ2) is 6.29. The van der Waals surface area contributed by atoms with Gasteiger partial charge in [-0.15, -0.1) is 10.2 Å². The number of nitrogen functional groups attached to an aromatic ring is 1. The van der Waals surface area contributed by atoms with Crippen molar-refractivity contribution in [1.82, 2.24) is 24.8 Å². The Morgan fingerprint density at radius 1 is 1.04 bits per heavy atom. The summed E-state index contributed by atoms with van der Waals surface area (Å²) in [4.78, 5) is 5.25. The molecule has 0 saturated carbocycles. The monoisotopic (exact) mass is 394 g/mol. The van der Waals surface area contributed by atoms with E-state index in [0.29, 0.717) is 27.2 Å². The molecular weight excluding hydrogens is 383 g/mol. The van der Waals surface area contributed by atoms with E-state index in [2.05, 4.69) is 20.3 Å². The maximum absolute atomic E-state index is 13.5. The Morgan fingerprint density at radius 2 is 1.96 bits per heavy atom. The van der Waals surface area contributed by atoms with Crippen LogP contribution >= 0.6 is 23.1 Å². The summed E-state index contributed by atoms with van der Waals surface area (Å²) in [5.74, 6) is -0.301. The number of nitrogens with zero attached hydrogens (tertiary/aromatic N) is 5. The third-order valence-electron chi connectivity index (χ3n) is 3.94. The molecule has 0 fully saturated rings. The van der Waals surface area contributed by atoms with Crippen molar-refractivity contribution in [3.63, 3.8) is 0 Å². The maximum Gasteiger partial charge on any atom is 0.217 e. The average Bonchev–Trinajstić information content (AvgIpc) is 3.23. The van der Waals surface area contributed by atoms with Crippen LogP contribution in [0.1, 0.15) is 0 Å². The molecule has 0 bridgehead atoms. The Bertz CT molecular complexity index is 1300. The zero-order valence-corrected chi connectivity index (χ0v) is 15.3. The van der Waals surface area contributed by atoms with E-state index in [1.54, 1.807) is 16.6 Å². The van der Waals surface area contributed by atoms with E-state index >= 15 is 0 Å². The smallest absolute Gasteiger partial charge is 0.217 e. The largest absolute Gasteiger partial charge is 0.375 e. The molecule has 0 aliphatic heterocycles. The number of halogens is 1. The van der Waals surface area contributed by atoms with Gasteiger partial charge in [-0.25, -0.2) is 9.37 Å². The van der Waals surface area contributed by atoms with Crippen LogP contribution in [0.25, 0.3) is 27.1 Å². The molecule has 2 N–H and O–H groups in total. The molecular formula is C18H11FN6S2. The number of thiazole rings is 1. The minimum Gasteiger partial charge on any atom is -0.375 e. The molecule has 0 aliphatic carbocycles. The number of hydrogen-bond donors (Lipinski definition) is 1. The number of nitrogens with two attached hydrogens (primary N) is 1. The number of aromatic nitrogens is 5. The SMILES string of the molecule is Nc1nc2ccc(Sc3nnc4ccc(-c5cccc(F)c5)nn34)cc2s1. The average molecular weight is 394 g/mol. The van der Waals surface area contributed by atoms with E-state index in [4.69, 9.17) is 5.73 Å². The van der Waals surface area contributed by atoms with Crippen molar-refractivity contribution in [1.29, 1.82) is 0 Å². The summed E-state index contributed by atoms with van der Waals surface area (Å²) in [7, 11) is 0. The highest BCUT2D eigenvalue weighted by molar-refractivity contribution is 7.99. The van der Waals surface area contributed by atoms with Crippen molar-refractivity contribution in [3.8, 4) is 11.3 Å². The molecule has 0 unspecified atom stereocenters. The summed E-state index contributed by atoms with van der Waals surface area (Å²) in [6, 6.07) is 15.9. The predicted octanol–water partition coefficient (Wildman–Crippen LogP) is 4.27. The third-order valence-corrected chi connectivity index (χ3v) is 5.71. The Balaban J connectivity index is 1.55. The molecule has 0 aliphatic rings. The lowest BCUT2D eigenvalue weighted by Crippen LogP contribution is -1.96. The quantitative estimate of drug-likeness (QED) is 0.492. The van der Waals surface area contributed by atoms with Gasteiger partial charge in [-0.1, -0.05) is 23.5 Å². The Hall–Kier alpha value is -3.04. The molecule has 5 aromatic rings.